The minimum Gasteiger partial charge on any atom is -0.458 e. The Morgan fingerprint density at radius 2 is 1.86 bits per heavy atom. The summed E-state index contributed by atoms with van der Waals surface area (Å²) < 4.78 is 6.21. The van der Waals surface area contributed by atoms with Gasteiger partial charge in [0.1, 0.15) is 5.60 Å². The summed E-state index contributed by atoms with van der Waals surface area (Å²) in [5.41, 5.74) is 1.82. The smallest absolute Gasteiger partial charge is 0.306 e. The predicted octanol–water partition coefficient (Wildman–Crippen LogP) is 4.47. The van der Waals surface area contributed by atoms with E-state index in [4.69, 9.17) is 4.74 Å². The fourth-order valence-corrected chi connectivity index (χ4v) is 10.2. The van der Waals surface area contributed by atoms with Gasteiger partial charge in [-0.15, -0.1) is 0 Å². The maximum atomic E-state index is 12.7. The molecular weight excluding hydrogens is 360 g/mol. The van der Waals surface area contributed by atoms with E-state index in [1.54, 1.807) is 0 Å². The highest BCUT2D eigenvalue weighted by Gasteiger charge is 2.80. The van der Waals surface area contributed by atoms with Crippen molar-refractivity contribution in [2.24, 2.45) is 57.7 Å². The average molecular weight is 391 g/mol. The number of hydrogen-bond acceptors (Lipinski definition) is 3. The third-order valence-electron chi connectivity index (χ3n) is 11.6. The Balaban J connectivity index is 1.30. The van der Waals surface area contributed by atoms with Crippen LogP contribution in [0.15, 0.2) is 23.8 Å². The van der Waals surface area contributed by atoms with Crippen LogP contribution in [0.2, 0.25) is 0 Å². The van der Waals surface area contributed by atoms with Gasteiger partial charge >= 0.3 is 5.97 Å². The van der Waals surface area contributed by atoms with Crippen LogP contribution in [0, 0.1) is 57.7 Å². The van der Waals surface area contributed by atoms with Gasteiger partial charge < -0.3 is 4.74 Å². The Bertz CT molecular complexity index is 970. The molecule has 29 heavy (non-hydrogen) atoms. The van der Waals surface area contributed by atoms with Crippen LogP contribution >= 0.6 is 0 Å². The van der Waals surface area contributed by atoms with E-state index < -0.39 is 0 Å². The molecule has 8 aliphatic rings. The van der Waals surface area contributed by atoms with Gasteiger partial charge in [0, 0.05) is 23.7 Å². The third kappa shape index (κ3) is 1.53. The molecule has 3 nitrogen and oxygen atoms in total. The summed E-state index contributed by atoms with van der Waals surface area (Å²) in [6.45, 7) is 4.94. The second kappa shape index (κ2) is 4.32. The molecule has 3 heteroatoms. The number of carbonyl (C=O) groups excluding carboxylic acids is 2. The molecule has 10 atom stereocenters. The first-order valence-electron chi connectivity index (χ1n) is 12.0. The molecule has 0 amide bonds. The van der Waals surface area contributed by atoms with E-state index in [0.717, 1.165) is 18.8 Å². The number of allylic oxidation sites excluding steroid dienone is 3. The van der Waals surface area contributed by atoms with Gasteiger partial charge in [0.15, 0.2) is 5.78 Å². The molecule has 6 fully saturated rings. The summed E-state index contributed by atoms with van der Waals surface area (Å²) in [4.78, 5) is 24.9. The molecule has 0 aromatic rings. The van der Waals surface area contributed by atoms with Gasteiger partial charge in [-0.3, -0.25) is 9.59 Å². The largest absolute Gasteiger partial charge is 0.458 e. The predicted molar refractivity (Wildman–Crippen MR) is 106 cm³/mol. The first-order valence-corrected chi connectivity index (χ1v) is 12.0. The highest BCUT2D eigenvalue weighted by molar-refractivity contribution is 5.96. The maximum absolute atomic E-state index is 12.7. The zero-order valence-corrected chi connectivity index (χ0v) is 17.4. The van der Waals surface area contributed by atoms with E-state index >= 15 is 0 Å². The number of carbonyl (C=O) groups is 2. The number of ketones is 1. The molecule has 0 aromatic carbocycles. The van der Waals surface area contributed by atoms with Crippen molar-refractivity contribution in [3.05, 3.63) is 23.8 Å². The third-order valence-corrected chi connectivity index (χ3v) is 11.6. The van der Waals surface area contributed by atoms with Gasteiger partial charge in [-0.05, 0) is 85.0 Å². The van der Waals surface area contributed by atoms with E-state index in [2.05, 4.69) is 32.1 Å². The lowest BCUT2D eigenvalue weighted by atomic mass is 9.45. The minimum absolute atomic E-state index is 0.00893. The molecule has 1 aliphatic heterocycles. The van der Waals surface area contributed by atoms with E-state index in [0.29, 0.717) is 53.1 Å². The minimum atomic E-state index is -0.223. The van der Waals surface area contributed by atoms with Crippen molar-refractivity contribution in [1.82, 2.24) is 0 Å². The lowest BCUT2D eigenvalue weighted by molar-refractivity contribution is -0.162. The van der Waals surface area contributed by atoms with Crippen molar-refractivity contribution < 1.29 is 14.3 Å². The van der Waals surface area contributed by atoms with Crippen molar-refractivity contribution in [2.45, 2.75) is 64.4 Å². The van der Waals surface area contributed by atoms with E-state index in [9.17, 15) is 9.59 Å². The summed E-state index contributed by atoms with van der Waals surface area (Å²) in [7, 11) is 0. The molecule has 5 saturated carbocycles. The zero-order chi connectivity index (χ0) is 19.6. The van der Waals surface area contributed by atoms with Crippen LogP contribution in [-0.2, 0) is 14.3 Å². The Morgan fingerprint density at radius 3 is 2.59 bits per heavy atom. The van der Waals surface area contributed by atoms with Gasteiger partial charge in [-0.2, -0.15) is 0 Å². The number of ether oxygens (including phenoxy) is 1. The van der Waals surface area contributed by atoms with E-state index in [1.807, 2.05) is 0 Å². The SMILES string of the molecule is C[C@@]12C(=CC(=O)[C@@H]3CC31)C1(CC1)CC1C2C=C[C@@]2(C)C1[C@@H]1CC1C21CCC(=O)O1. The Labute approximate surface area is 172 Å². The molecule has 0 bridgehead atoms. The van der Waals surface area contributed by atoms with Crippen LogP contribution < -0.4 is 0 Å². The molecule has 7 aliphatic carbocycles. The van der Waals surface area contributed by atoms with E-state index in [1.165, 1.54) is 31.3 Å². The summed E-state index contributed by atoms with van der Waals surface area (Å²) in [6, 6.07) is 0. The van der Waals surface area contributed by atoms with Gasteiger partial charge in [0.2, 0.25) is 0 Å². The molecule has 0 radical (unpaired) electrons. The lowest BCUT2D eigenvalue weighted by Crippen LogP contribution is -2.56. The Morgan fingerprint density at radius 1 is 1.03 bits per heavy atom. The Kier molecular flexibility index (Phi) is 2.43. The topological polar surface area (TPSA) is 43.4 Å². The van der Waals surface area contributed by atoms with Crippen LogP contribution in [0.25, 0.3) is 0 Å². The van der Waals surface area contributed by atoms with Crippen molar-refractivity contribution in [3.8, 4) is 0 Å². The molecule has 1 heterocycles. The molecule has 0 N–H and O–H groups in total. The standard InChI is InChI=1S/C26H30O3/c1-23-5-3-16-15(22(23)14-10-18(14)26(23)6-4-21(28)29-26)12-25(7-8-25)20-11-19(27)13-9-17(13)24(16,20)2/h3,5,11,13-18,22H,4,6-10,12H2,1-2H3/t13-,14-,15?,16?,17?,18?,22?,23+,24+,26?/m1/s1. The van der Waals surface area contributed by atoms with Crippen LogP contribution in [0.4, 0.5) is 0 Å². The van der Waals surface area contributed by atoms with Gasteiger partial charge in [0.05, 0.1) is 0 Å². The second-order valence-electron chi connectivity index (χ2n) is 12.4. The highest BCUT2D eigenvalue weighted by atomic mass is 16.6. The lowest BCUT2D eigenvalue weighted by Gasteiger charge is -2.59. The van der Waals surface area contributed by atoms with Gasteiger partial charge in [-0.1, -0.05) is 31.6 Å². The normalized spacial score (nSPS) is 61.3. The molecule has 1 saturated heterocycles. The van der Waals surface area contributed by atoms with Crippen LogP contribution in [-0.4, -0.2) is 17.4 Å². The summed E-state index contributed by atoms with van der Waals surface area (Å²) >= 11 is 0. The monoisotopic (exact) mass is 390 g/mol. The van der Waals surface area contributed by atoms with Crippen molar-refractivity contribution in [3.63, 3.8) is 0 Å². The van der Waals surface area contributed by atoms with Crippen LogP contribution in [0.1, 0.15) is 58.8 Å². The van der Waals surface area contributed by atoms with E-state index in [-0.39, 0.29) is 22.4 Å². The summed E-state index contributed by atoms with van der Waals surface area (Å²) in [5, 5.41) is 0. The molecule has 8 rings (SSSR count). The fourth-order valence-electron chi connectivity index (χ4n) is 10.2. The molecule has 152 valence electrons. The van der Waals surface area contributed by atoms with Crippen molar-refractivity contribution >= 4 is 11.8 Å². The Hall–Kier alpha value is -1.38. The molecule has 0 aromatic heterocycles. The first kappa shape index (κ1) is 16.3. The second-order valence-corrected chi connectivity index (χ2v) is 12.4. The molecule has 2 spiro atoms. The average Bonchev–Trinajstić information content (AvgIpc) is 3.57. The van der Waals surface area contributed by atoms with Crippen LogP contribution in [0.3, 0.4) is 0 Å². The number of fused-ring (bicyclic) bond motifs is 12. The van der Waals surface area contributed by atoms with Crippen LogP contribution in [0.5, 0.6) is 0 Å². The fraction of sp³-hybridized carbons (Fsp3) is 0.769. The first-order chi connectivity index (χ1) is 13.8. The quantitative estimate of drug-likeness (QED) is 0.453. The molecule has 6 unspecified atom stereocenters. The highest BCUT2D eigenvalue weighted by Crippen LogP contribution is 2.82. The number of hydrogen-bond donors (Lipinski definition) is 0. The van der Waals surface area contributed by atoms with Crippen molar-refractivity contribution in [2.75, 3.05) is 0 Å². The number of esters is 1. The van der Waals surface area contributed by atoms with Crippen molar-refractivity contribution in [1.29, 1.82) is 0 Å². The zero-order valence-electron chi connectivity index (χ0n) is 17.4. The summed E-state index contributed by atoms with van der Waals surface area (Å²) in [5.74, 6) is 4.58. The molecular formula is C26H30O3. The van der Waals surface area contributed by atoms with Gasteiger partial charge in [-0.25, -0.2) is 0 Å². The van der Waals surface area contributed by atoms with Gasteiger partial charge in [0.25, 0.3) is 0 Å². The summed E-state index contributed by atoms with van der Waals surface area (Å²) in [6.07, 6.45) is 14.9. The maximum Gasteiger partial charge on any atom is 0.306 e. The number of rotatable bonds is 0.